The van der Waals surface area contributed by atoms with Gasteiger partial charge in [0.1, 0.15) is 18.8 Å². The topological polar surface area (TPSA) is 71.4 Å². The van der Waals surface area contributed by atoms with Gasteiger partial charge in [0, 0.05) is 15.4 Å². The highest BCUT2D eigenvalue weighted by atomic mass is 32.2. The highest BCUT2D eigenvalue weighted by Crippen LogP contribution is 2.59. The molecular weight excluding hydrogens is 446 g/mol. The van der Waals surface area contributed by atoms with E-state index in [2.05, 4.69) is 0 Å². The molecule has 0 spiro atoms. The number of rotatable bonds is 6. The fourth-order valence-corrected chi connectivity index (χ4v) is 5.62. The summed E-state index contributed by atoms with van der Waals surface area (Å²) in [5.41, 5.74) is 2.15. The van der Waals surface area contributed by atoms with E-state index in [0.717, 1.165) is 16.7 Å². The molecule has 1 fully saturated rings. The minimum atomic E-state index is -1.47. The second-order valence-electron chi connectivity index (χ2n) is 9.74. The first kappa shape index (κ1) is 23.0. The molecule has 0 saturated carbocycles. The first-order valence-corrected chi connectivity index (χ1v) is 12.6. The minimum Gasteiger partial charge on any atom is -0.476 e. The molecule has 1 N–H and O–H groups in total. The van der Waals surface area contributed by atoms with Crippen molar-refractivity contribution >= 4 is 16.7 Å². The average molecular weight is 476 g/mol. The summed E-state index contributed by atoms with van der Waals surface area (Å²) in [4.78, 5) is 6.00. The molecule has 3 aromatic rings. The molecule has 5 nitrogen and oxygen atoms in total. The molecule has 0 bridgehead atoms. The zero-order valence-electron chi connectivity index (χ0n) is 19.8. The Morgan fingerprint density at radius 2 is 1.59 bits per heavy atom. The molecule has 2 heterocycles. The molecule has 2 aliphatic rings. The summed E-state index contributed by atoms with van der Waals surface area (Å²) in [6, 6.07) is 22.9. The largest absolute Gasteiger partial charge is 0.476 e. The van der Waals surface area contributed by atoms with Crippen molar-refractivity contribution in [3.8, 4) is 0 Å². The Hall–Kier alpha value is -2.80. The first-order chi connectivity index (χ1) is 16.2. The Morgan fingerprint density at radius 1 is 0.971 bits per heavy atom. The SMILES string of the molecule is Cc1ccc([C@H]2O[C@@]2(C2=NC(C)(C)CO2)[C@@H](O)c2ccccc2S(=O)c2ccc(C)cc2)cc1. The van der Waals surface area contributed by atoms with Crippen LogP contribution in [-0.4, -0.2) is 33.0 Å². The highest BCUT2D eigenvalue weighted by Gasteiger charge is 2.69. The first-order valence-electron chi connectivity index (χ1n) is 11.4. The fourth-order valence-electron chi connectivity index (χ4n) is 4.38. The van der Waals surface area contributed by atoms with Crippen molar-refractivity contribution in [1.82, 2.24) is 0 Å². The number of aliphatic hydroxyl groups is 1. The summed E-state index contributed by atoms with van der Waals surface area (Å²) >= 11 is 0. The van der Waals surface area contributed by atoms with Crippen LogP contribution in [0.15, 0.2) is 87.6 Å². The number of benzene rings is 3. The van der Waals surface area contributed by atoms with Crippen molar-refractivity contribution in [2.24, 2.45) is 4.99 Å². The third-order valence-electron chi connectivity index (χ3n) is 6.38. The van der Waals surface area contributed by atoms with E-state index < -0.39 is 34.1 Å². The normalized spacial score (nSPS) is 24.7. The Morgan fingerprint density at radius 3 is 2.21 bits per heavy atom. The lowest BCUT2D eigenvalue weighted by Gasteiger charge is -2.22. The van der Waals surface area contributed by atoms with Crippen LogP contribution in [0.4, 0.5) is 0 Å². The van der Waals surface area contributed by atoms with Crippen molar-refractivity contribution in [3.05, 3.63) is 95.1 Å². The number of aliphatic imine (C=N–C) groups is 1. The lowest BCUT2D eigenvalue weighted by molar-refractivity contribution is 0.0937. The average Bonchev–Trinajstić information content (AvgIpc) is 3.48. The summed E-state index contributed by atoms with van der Waals surface area (Å²) in [5.74, 6) is 0.395. The van der Waals surface area contributed by atoms with Gasteiger partial charge in [-0.15, -0.1) is 0 Å². The predicted molar refractivity (Wildman–Crippen MR) is 132 cm³/mol. The van der Waals surface area contributed by atoms with Crippen molar-refractivity contribution in [1.29, 1.82) is 0 Å². The van der Waals surface area contributed by atoms with Gasteiger partial charge in [-0.2, -0.15) is 0 Å². The maximum atomic E-state index is 13.5. The molecule has 0 amide bonds. The highest BCUT2D eigenvalue weighted by molar-refractivity contribution is 7.85. The number of nitrogens with zero attached hydrogens (tertiary/aromatic N) is 1. The maximum Gasteiger partial charge on any atom is 0.223 e. The van der Waals surface area contributed by atoms with Crippen molar-refractivity contribution in [3.63, 3.8) is 0 Å². The van der Waals surface area contributed by atoms with Crippen LogP contribution in [0.2, 0.25) is 0 Å². The molecule has 3 aromatic carbocycles. The third-order valence-corrected chi connectivity index (χ3v) is 7.85. The van der Waals surface area contributed by atoms with E-state index in [9.17, 15) is 9.32 Å². The van der Waals surface area contributed by atoms with Crippen LogP contribution in [0.25, 0.3) is 0 Å². The molecule has 2 aliphatic heterocycles. The molecule has 0 radical (unpaired) electrons. The van der Waals surface area contributed by atoms with Crippen LogP contribution in [0, 0.1) is 13.8 Å². The lowest BCUT2D eigenvalue weighted by atomic mass is 9.88. The number of ether oxygens (including phenoxy) is 2. The molecule has 0 aromatic heterocycles. The van der Waals surface area contributed by atoms with Gasteiger partial charge in [0.05, 0.1) is 16.3 Å². The van der Waals surface area contributed by atoms with Crippen LogP contribution < -0.4 is 0 Å². The van der Waals surface area contributed by atoms with Crippen molar-refractivity contribution < 1.29 is 18.8 Å². The van der Waals surface area contributed by atoms with E-state index in [1.807, 2.05) is 94.4 Å². The zero-order chi connectivity index (χ0) is 24.1. The molecule has 5 rings (SSSR count). The number of hydrogen-bond donors (Lipinski definition) is 1. The predicted octanol–water partition coefficient (Wildman–Crippen LogP) is 5.22. The Balaban J connectivity index is 1.57. The van der Waals surface area contributed by atoms with Crippen LogP contribution in [-0.2, 0) is 20.3 Å². The van der Waals surface area contributed by atoms with Gasteiger partial charge < -0.3 is 14.6 Å². The van der Waals surface area contributed by atoms with Gasteiger partial charge in [-0.05, 0) is 51.5 Å². The summed E-state index contributed by atoms with van der Waals surface area (Å²) < 4.78 is 25.8. The summed E-state index contributed by atoms with van der Waals surface area (Å²) in [6.45, 7) is 8.42. The van der Waals surface area contributed by atoms with Gasteiger partial charge in [0.15, 0.2) is 0 Å². The number of epoxide rings is 1. The van der Waals surface area contributed by atoms with E-state index in [1.54, 1.807) is 6.07 Å². The van der Waals surface area contributed by atoms with Crippen LogP contribution >= 0.6 is 0 Å². The van der Waals surface area contributed by atoms with Gasteiger partial charge in [0.25, 0.3) is 0 Å². The second kappa shape index (κ2) is 8.45. The molecule has 0 aliphatic carbocycles. The summed E-state index contributed by atoms with van der Waals surface area (Å²) in [6.07, 6.45) is -1.53. The standard InChI is InChI=1S/C28H29NO4S/c1-18-9-13-20(14-10-18)25-28(33-25,26-29-27(3,4)17-32-26)24(30)22-7-5-6-8-23(22)34(31)21-15-11-19(2)12-16-21/h5-16,24-25,30H,17H2,1-4H3/t24-,25+,28-,34?/m0/s1. The van der Waals surface area contributed by atoms with Crippen LogP contribution in [0.1, 0.15) is 48.3 Å². The smallest absolute Gasteiger partial charge is 0.223 e. The number of aliphatic hydroxyl groups excluding tert-OH is 1. The summed E-state index contributed by atoms with van der Waals surface area (Å²) in [7, 11) is -1.47. The lowest BCUT2D eigenvalue weighted by Crippen LogP contribution is -2.34. The zero-order valence-corrected chi connectivity index (χ0v) is 20.6. The van der Waals surface area contributed by atoms with Crippen LogP contribution in [0.5, 0.6) is 0 Å². The van der Waals surface area contributed by atoms with Crippen molar-refractivity contribution in [2.45, 2.75) is 60.8 Å². The van der Waals surface area contributed by atoms with E-state index in [4.69, 9.17) is 14.5 Å². The number of hydrogen-bond acceptors (Lipinski definition) is 5. The monoisotopic (exact) mass is 475 g/mol. The minimum absolute atomic E-state index is 0.395. The quantitative estimate of drug-likeness (QED) is 0.496. The number of aryl methyl sites for hydroxylation is 2. The van der Waals surface area contributed by atoms with Gasteiger partial charge in [-0.1, -0.05) is 65.7 Å². The van der Waals surface area contributed by atoms with E-state index in [0.29, 0.717) is 27.9 Å². The van der Waals surface area contributed by atoms with Gasteiger partial charge >= 0.3 is 0 Å². The second-order valence-corrected chi connectivity index (χ2v) is 11.2. The Labute approximate surface area is 202 Å². The third kappa shape index (κ3) is 4.00. The molecule has 4 atom stereocenters. The molecule has 34 heavy (non-hydrogen) atoms. The van der Waals surface area contributed by atoms with E-state index in [-0.39, 0.29) is 0 Å². The van der Waals surface area contributed by atoms with E-state index in [1.165, 1.54) is 0 Å². The molecule has 1 saturated heterocycles. The van der Waals surface area contributed by atoms with Crippen LogP contribution in [0.3, 0.4) is 0 Å². The van der Waals surface area contributed by atoms with Gasteiger partial charge in [-0.3, -0.25) is 0 Å². The molecular formula is C28H29NO4S. The van der Waals surface area contributed by atoms with E-state index >= 15 is 0 Å². The van der Waals surface area contributed by atoms with Crippen molar-refractivity contribution in [2.75, 3.05) is 6.61 Å². The fraction of sp³-hybridized carbons (Fsp3) is 0.321. The maximum absolute atomic E-state index is 13.5. The van der Waals surface area contributed by atoms with Gasteiger partial charge in [0.2, 0.25) is 11.5 Å². The summed E-state index contributed by atoms with van der Waals surface area (Å²) in [5, 5.41) is 11.8. The molecule has 1 unspecified atom stereocenters. The van der Waals surface area contributed by atoms with Gasteiger partial charge in [-0.25, -0.2) is 9.20 Å². The molecule has 176 valence electrons. The Kier molecular flexibility index (Phi) is 5.71. The Bertz CT molecular complexity index is 1270. The molecule has 6 heteroatoms.